The van der Waals surface area contributed by atoms with Gasteiger partial charge in [0.1, 0.15) is 0 Å². The Labute approximate surface area is 90.9 Å². The van der Waals surface area contributed by atoms with Gasteiger partial charge < -0.3 is 0 Å². The molecule has 0 amide bonds. The lowest BCUT2D eigenvalue weighted by Gasteiger charge is -2.52. The molecule has 1 spiro atoms. The average molecular weight is 208 g/mol. The maximum Gasteiger partial charge on any atom is 0.0555 e. The number of hydrogen-bond donors (Lipinski definition) is 2. The summed E-state index contributed by atoms with van der Waals surface area (Å²) < 4.78 is 0. The van der Waals surface area contributed by atoms with Crippen molar-refractivity contribution in [3.05, 3.63) is 0 Å². The fourth-order valence-electron chi connectivity index (χ4n) is 3.85. The second kappa shape index (κ2) is 2.94. The smallest absolute Gasteiger partial charge is 0.0555 e. The van der Waals surface area contributed by atoms with Crippen LogP contribution < -0.4 is 11.0 Å². The van der Waals surface area contributed by atoms with Gasteiger partial charge >= 0.3 is 0 Å². The minimum absolute atomic E-state index is 0.570. The number of fused-ring (bicyclic) bond motifs is 4. The second-order valence-electron chi connectivity index (χ2n) is 5.68. The fraction of sp³-hybridized carbons (Fsp3) is 1.00. The van der Waals surface area contributed by atoms with E-state index in [0.29, 0.717) is 11.6 Å². The van der Waals surface area contributed by atoms with Gasteiger partial charge in [0.2, 0.25) is 0 Å². The van der Waals surface area contributed by atoms with Gasteiger partial charge in [-0.2, -0.15) is 10.7 Å². The van der Waals surface area contributed by atoms with E-state index in [1.54, 1.807) is 0 Å². The van der Waals surface area contributed by atoms with Crippen LogP contribution in [-0.4, -0.2) is 34.3 Å². The van der Waals surface area contributed by atoms with Crippen LogP contribution in [0.1, 0.15) is 44.9 Å². The molecular weight excluding hydrogens is 188 g/mol. The normalized spacial score (nSPS) is 44.0. The molecule has 4 rings (SSSR count). The molecule has 15 heavy (non-hydrogen) atoms. The molecule has 3 heterocycles. The monoisotopic (exact) mass is 208 g/mol. The van der Waals surface area contributed by atoms with E-state index in [4.69, 9.17) is 0 Å². The zero-order valence-electron chi connectivity index (χ0n) is 9.21. The van der Waals surface area contributed by atoms with E-state index < -0.39 is 0 Å². The highest BCUT2D eigenvalue weighted by molar-refractivity contribution is 5.08. The lowest BCUT2D eigenvalue weighted by atomic mass is 9.89. The third-order valence-electron chi connectivity index (χ3n) is 4.78. The number of nitrogens with zero attached hydrogens (tertiary/aromatic N) is 2. The van der Waals surface area contributed by atoms with Crippen molar-refractivity contribution in [3.8, 4) is 0 Å². The first-order chi connectivity index (χ1) is 7.39. The van der Waals surface area contributed by atoms with Gasteiger partial charge in [-0.25, -0.2) is 10.4 Å². The third-order valence-corrected chi connectivity index (χ3v) is 4.78. The molecule has 1 aliphatic carbocycles. The van der Waals surface area contributed by atoms with Gasteiger partial charge in [0.25, 0.3) is 0 Å². The van der Waals surface area contributed by atoms with Crippen molar-refractivity contribution in [1.29, 1.82) is 0 Å². The lowest BCUT2D eigenvalue weighted by Crippen LogP contribution is -2.65. The Morgan fingerprint density at radius 1 is 1.00 bits per heavy atom. The molecular formula is C11H20N4. The van der Waals surface area contributed by atoms with Crippen molar-refractivity contribution in [2.45, 2.75) is 62.6 Å². The Hall–Kier alpha value is -0.160. The Bertz CT molecular complexity index is 276. The molecule has 4 aliphatic rings. The van der Waals surface area contributed by atoms with Gasteiger partial charge in [0.15, 0.2) is 0 Å². The topological polar surface area (TPSA) is 30.5 Å². The standard InChI is InChI=1S/C11H20N4/c1-2-9-3-4-10-8-12-13-15(10)14(9)11(5-1)6-7-11/h9-10,12-13H,1-8H2. The Morgan fingerprint density at radius 2 is 1.87 bits per heavy atom. The number of hydrogen-bond acceptors (Lipinski definition) is 4. The predicted octanol–water partition coefficient (Wildman–Crippen LogP) is 0.776. The van der Waals surface area contributed by atoms with Crippen molar-refractivity contribution in [1.82, 2.24) is 21.1 Å². The van der Waals surface area contributed by atoms with Gasteiger partial charge in [-0.3, -0.25) is 0 Å². The molecule has 3 aliphatic heterocycles. The molecule has 0 aromatic heterocycles. The Kier molecular flexibility index (Phi) is 1.75. The Balaban J connectivity index is 1.67. The van der Waals surface area contributed by atoms with Crippen LogP contribution in [0.15, 0.2) is 0 Å². The number of piperidine rings is 1. The first-order valence-electron chi connectivity index (χ1n) is 6.46. The molecule has 4 heteroatoms. The van der Waals surface area contributed by atoms with Crippen LogP contribution in [0.5, 0.6) is 0 Å². The summed E-state index contributed by atoms with van der Waals surface area (Å²) in [7, 11) is 0. The van der Waals surface area contributed by atoms with Gasteiger partial charge in [0.05, 0.1) is 6.04 Å². The number of hydrazine groups is 3. The van der Waals surface area contributed by atoms with Gasteiger partial charge in [-0.05, 0) is 44.9 Å². The zero-order chi connectivity index (χ0) is 9.88. The maximum atomic E-state index is 3.36. The van der Waals surface area contributed by atoms with Gasteiger partial charge in [-0.15, -0.1) is 0 Å². The molecule has 4 nitrogen and oxygen atoms in total. The largest absolute Gasteiger partial charge is 0.241 e. The summed E-state index contributed by atoms with van der Waals surface area (Å²) in [5.41, 5.74) is 7.23. The van der Waals surface area contributed by atoms with Gasteiger partial charge in [0, 0.05) is 18.1 Å². The summed E-state index contributed by atoms with van der Waals surface area (Å²) in [5, 5.41) is 5.14. The van der Waals surface area contributed by atoms with E-state index in [9.17, 15) is 0 Å². The SMILES string of the molecule is C1CC2CCC3CNNN3N2C2(C1)CC2. The molecule has 0 aromatic carbocycles. The van der Waals surface area contributed by atoms with Crippen molar-refractivity contribution in [2.75, 3.05) is 6.54 Å². The first-order valence-corrected chi connectivity index (χ1v) is 6.46. The molecule has 0 bridgehead atoms. The average Bonchev–Trinajstić information content (AvgIpc) is 2.86. The highest BCUT2D eigenvalue weighted by Gasteiger charge is 2.57. The fourth-order valence-corrected chi connectivity index (χ4v) is 3.85. The molecule has 2 atom stereocenters. The Morgan fingerprint density at radius 3 is 2.73 bits per heavy atom. The molecule has 2 unspecified atom stereocenters. The van der Waals surface area contributed by atoms with E-state index in [0.717, 1.165) is 12.6 Å². The van der Waals surface area contributed by atoms with E-state index in [-0.39, 0.29) is 0 Å². The van der Waals surface area contributed by atoms with Crippen LogP contribution >= 0.6 is 0 Å². The minimum atomic E-state index is 0.570. The first kappa shape index (κ1) is 8.93. The molecule has 0 aromatic rings. The summed E-state index contributed by atoms with van der Waals surface area (Å²) >= 11 is 0. The number of rotatable bonds is 0. The molecule has 2 N–H and O–H groups in total. The molecule has 3 saturated heterocycles. The van der Waals surface area contributed by atoms with Crippen LogP contribution in [0.2, 0.25) is 0 Å². The third kappa shape index (κ3) is 1.16. The van der Waals surface area contributed by atoms with Crippen molar-refractivity contribution >= 4 is 0 Å². The lowest BCUT2D eigenvalue weighted by molar-refractivity contribution is -0.188. The van der Waals surface area contributed by atoms with E-state index >= 15 is 0 Å². The van der Waals surface area contributed by atoms with Crippen LogP contribution in [0.4, 0.5) is 0 Å². The highest BCUT2D eigenvalue weighted by Crippen LogP contribution is 2.52. The molecule has 4 fully saturated rings. The summed E-state index contributed by atoms with van der Waals surface area (Å²) in [6.07, 6.45) is 9.90. The van der Waals surface area contributed by atoms with Crippen LogP contribution in [0, 0.1) is 0 Å². The van der Waals surface area contributed by atoms with Crippen LogP contribution in [0.25, 0.3) is 0 Å². The van der Waals surface area contributed by atoms with Crippen molar-refractivity contribution < 1.29 is 0 Å². The summed E-state index contributed by atoms with van der Waals surface area (Å²) in [4.78, 5) is 0. The number of nitrogens with one attached hydrogen (secondary N) is 2. The maximum absolute atomic E-state index is 3.36. The van der Waals surface area contributed by atoms with E-state index in [1.807, 2.05) is 0 Å². The molecule has 0 radical (unpaired) electrons. The zero-order valence-corrected chi connectivity index (χ0v) is 9.21. The predicted molar refractivity (Wildman–Crippen MR) is 57.4 cm³/mol. The van der Waals surface area contributed by atoms with E-state index in [1.165, 1.54) is 44.9 Å². The highest BCUT2D eigenvalue weighted by atomic mass is 15.9. The molecule has 84 valence electrons. The van der Waals surface area contributed by atoms with Crippen LogP contribution in [-0.2, 0) is 0 Å². The quantitative estimate of drug-likeness (QED) is 0.616. The summed E-state index contributed by atoms with van der Waals surface area (Å²) in [6, 6.07) is 1.53. The van der Waals surface area contributed by atoms with Crippen molar-refractivity contribution in [2.24, 2.45) is 0 Å². The van der Waals surface area contributed by atoms with Crippen LogP contribution in [0.3, 0.4) is 0 Å². The molecule has 1 saturated carbocycles. The van der Waals surface area contributed by atoms with Crippen molar-refractivity contribution in [3.63, 3.8) is 0 Å². The van der Waals surface area contributed by atoms with Gasteiger partial charge in [-0.1, -0.05) is 0 Å². The van der Waals surface area contributed by atoms with E-state index in [2.05, 4.69) is 21.1 Å². The second-order valence-corrected chi connectivity index (χ2v) is 5.68. The minimum Gasteiger partial charge on any atom is -0.241 e. The summed E-state index contributed by atoms with van der Waals surface area (Å²) in [5.74, 6) is 0. The summed E-state index contributed by atoms with van der Waals surface area (Å²) in [6.45, 7) is 1.11.